The van der Waals surface area contributed by atoms with Gasteiger partial charge in [0.2, 0.25) is 0 Å². The standard InChI is InChI=1S/C18H17ClN2/c1-13-5-7-14(8-6-13)9-11-20-17-10-12-21-18-15(17)3-2-4-16(18)19/h2-8,10,12H,9,11H2,1H3,(H,20,21). The van der Waals surface area contributed by atoms with Crippen LogP contribution in [0.1, 0.15) is 11.1 Å². The molecule has 0 fully saturated rings. The second-order valence-corrected chi connectivity index (χ2v) is 5.56. The summed E-state index contributed by atoms with van der Waals surface area (Å²) in [7, 11) is 0. The Kier molecular flexibility index (Phi) is 4.07. The van der Waals surface area contributed by atoms with E-state index in [2.05, 4.69) is 41.5 Å². The molecular weight excluding hydrogens is 280 g/mol. The predicted molar refractivity (Wildman–Crippen MR) is 90.1 cm³/mol. The lowest BCUT2D eigenvalue weighted by Gasteiger charge is -2.10. The van der Waals surface area contributed by atoms with Gasteiger partial charge in [-0.2, -0.15) is 0 Å². The topological polar surface area (TPSA) is 24.9 Å². The molecule has 1 heterocycles. The highest BCUT2D eigenvalue weighted by molar-refractivity contribution is 6.35. The summed E-state index contributed by atoms with van der Waals surface area (Å²) in [5.41, 5.74) is 4.56. The molecule has 1 N–H and O–H groups in total. The second kappa shape index (κ2) is 6.15. The number of fused-ring (bicyclic) bond motifs is 1. The van der Waals surface area contributed by atoms with Crippen molar-refractivity contribution in [2.45, 2.75) is 13.3 Å². The fourth-order valence-electron chi connectivity index (χ4n) is 2.39. The van der Waals surface area contributed by atoms with Gasteiger partial charge in [-0.3, -0.25) is 4.98 Å². The average Bonchev–Trinajstić information content (AvgIpc) is 2.50. The third kappa shape index (κ3) is 3.17. The van der Waals surface area contributed by atoms with Gasteiger partial charge < -0.3 is 5.32 Å². The Morgan fingerprint density at radius 2 is 1.86 bits per heavy atom. The van der Waals surface area contributed by atoms with Gasteiger partial charge in [-0.15, -0.1) is 0 Å². The Hall–Kier alpha value is -2.06. The van der Waals surface area contributed by atoms with Crippen LogP contribution in [-0.4, -0.2) is 11.5 Å². The molecule has 0 spiro atoms. The molecular formula is C18H17ClN2. The minimum absolute atomic E-state index is 0.690. The van der Waals surface area contributed by atoms with Crippen molar-refractivity contribution in [3.05, 3.63) is 70.9 Å². The lowest BCUT2D eigenvalue weighted by Crippen LogP contribution is -2.05. The monoisotopic (exact) mass is 296 g/mol. The van der Waals surface area contributed by atoms with Gasteiger partial charge in [0.15, 0.2) is 0 Å². The predicted octanol–water partition coefficient (Wildman–Crippen LogP) is 4.85. The molecule has 21 heavy (non-hydrogen) atoms. The number of anilines is 1. The van der Waals surface area contributed by atoms with Crippen molar-refractivity contribution in [1.82, 2.24) is 4.98 Å². The van der Waals surface area contributed by atoms with Crippen molar-refractivity contribution in [2.75, 3.05) is 11.9 Å². The quantitative estimate of drug-likeness (QED) is 0.744. The molecule has 0 radical (unpaired) electrons. The number of hydrogen-bond donors (Lipinski definition) is 1. The Balaban J connectivity index is 1.73. The van der Waals surface area contributed by atoms with E-state index in [0.717, 1.165) is 29.6 Å². The third-order valence-electron chi connectivity index (χ3n) is 3.57. The molecule has 106 valence electrons. The number of rotatable bonds is 4. The smallest absolute Gasteiger partial charge is 0.0908 e. The van der Waals surface area contributed by atoms with Gasteiger partial charge in [0.1, 0.15) is 0 Å². The van der Waals surface area contributed by atoms with Crippen molar-refractivity contribution >= 4 is 28.2 Å². The van der Waals surface area contributed by atoms with Gasteiger partial charge in [-0.25, -0.2) is 0 Å². The summed E-state index contributed by atoms with van der Waals surface area (Å²) >= 11 is 6.18. The molecule has 0 atom stereocenters. The van der Waals surface area contributed by atoms with Gasteiger partial charge >= 0.3 is 0 Å². The molecule has 3 rings (SSSR count). The summed E-state index contributed by atoms with van der Waals surface area (Å²) in [6, 6.07) is 16.5. The molecule has 1 aromatic heterocycles. The van der Waals surface area contributed by atoms with Gasteiger partial charge in [0.25, 0.3) is 0 Å². The SMILES string of the molecule is Cc1ccc(CCNc2ccnc3c(Cl)cccc23)cc1. The molecule has 2 nitrogen and oxygen atoms in total. The van der Waals surface area contributed by atoms with Gasteiger partial charge in [0.05, 0.1) is 10.5 Å². The Morgan fingerprint density at radius 3 is 2.67 bits per heavy atom. The van der Waals surface area contributed by atoms with E-state index < -0.39 is 0 Å². The van der Waals surface area contributed by atoms with Gasteiger partial charge in [-0.1, -0.05) is 53.6 Å². The average molecular weight is 297 g/mol. The van der Waals surface area contributed by atoms with E-state index in [9.17, 15) is 0 Å². The second-order valence-electron chi connectivity index (χ2n) is 5.16. The van der Waals surface area contributed by atoms with Crippen LogP contribution >= 0.6 is 11.6 Å². The summed E-state index contributed by atoms with van der Waals surface area (Å²) in [6.07, 6.45) is 2.78. The first kappa shape index (κ1) is 13.9. The van der Waals surface area contributed by atoms with Gasteiger partial charge in [0, 0.05) is 23.8 Å². The van der Waals surface area contributed by atoms with Crippen LogP contribution in [-0.2, 0) is 6.42 Å². The number of aryl methyl sites for hydroxylation is 1. The number of para-hydroxylation sites is 1. The zero-order valence-corrected chi connectivity index (χ0v) is 12.7. The molecule has 2 aromatic carbocycles. The van der Waals surface area contributed by atoms with Crippen molar-refractivity contribution in [3.8, 4) is 0 Å². The minimum Gasteiger partial charge on any atom is -0.384 e. The minimum atomic E-state index is 0.690. The number of nitrogens with one attached hydrogen (secondary N) is 1. The van der Waals surface area contributed by atoms with E-state index >= 15 is 0 Å². The Labute approximate surface area is 129 Å². The molecule has 0 saturated heterocycles. The van der Waals surface area contributed by atoms with E-state index in [1.807, 2.05) is 24.3 Å². The molecule has 0 bridgehead atoms. The van der Waals surface area contributed by atoms with Gasteiger partial charge in [-0.05, 0) is 31.0 Å². The van der Waals surface area contributed by atoms with E-state index in [0.29, 0.717) is 5.02 Å². The van der Waals surface area contributed by atoms with E-state index in [-0.39, 0.29) is 0 Å². The summed E-state index contributed by atoms with van der Waals surface area (Å²) in [6.45, 7) is 2.99. The molecule has 0 unspecified atom stereocenters. The first-order chi connectivity index (χ1) is 10.2. The largest absolute Gasteiger partial charge is 0.384 e. The molecule has 0 aliphatic heterocycles. The first-order valence-electron chi connectivity index (χ1n) is 7.07. The van der Waals surface area contributed by atoms with Crippen molar-refractivity contribution in [2.24, 2.45) is 0 Å². The molecule has 0 aliphatic carbocycles. The van der Waals surface area contributed by atoms with Crippen LogP contribution in [0, 0.1) is 6.92 Å². The van der Waals surface area contributed by atoms with Crippen LogP contribution in [0.15, 0.2) is 54.7 Å². The molecule has 3 aromatic rings. The maximum Gasteiger partial charge on any atom is 0.0908 e. The normalized spacial score (nSPS) is 10.8. The van der Waals surface area contributed by atoms with Crippen LogP contribution in [0.3, 0.4) is 0 Å². The first-order valence-corrected chi connectivity index (χ1v) is 7.44. The molecule has 3 heteroatoms. The van der Waals surface area contributed by atoms with E-state index in [4.69, 9.17) is 11.6 Å². The number of nitrogens with zero attached hydrogens (tertiary/aromatic N) is 1. The zero-order chi connectivity index (χ0) is 14.7. The summed E-state index contributed by atoms with van der Waals surface area (Å²) in [5.74, 6) is 0. The van der Waals surface area contributed by atoms with Crippen molar-refractivity contribution in [1.29, 1.82) is 0 Å². The van der Waals surface area contributed by atoms with Crippen LogP contribution in [0.5, 0.6) is 0 Å². The number of halogens is 1. The number of aromatic nitrogens is 1. The molecule has 0 amide bonds. The Bertz CT molecular complexity index is 751. The van der Waals surface area contributed by atoms with Crippen LogP contribution in [0.25, 0.3) is 10.9 Å². The maximum atomic E-state index is 6.18. The highest BCUT2D eigenvalue weighted by Gasteiger charge is 2.04. The van der Waals surface area contributed by atoms with Crippen LogP contribution in [0.4, 0.5) is 5.69 Å². The van der Waals surface area contributed by atoms with Crippen LogP contribution in [0.2, 0.25) is 5.02 Å². The fourth-order valence-corrected chi connectivity index (χ4v) is 2.61. The summed E-state index contributed by atoms with van der Waals surface area (Å²) in [5, 5.41) is 5.23. The lowest BCUT2D eigenvalue weighted by atomic mass is 10.1. The number of benzene rings is 2. The van der Waals surface area contributed by atoms with Crippen molar-refractivity contribution < 1.29 is 0 Å². The highest BCUT2D eigenvalue weighted by atomic mass is 35.5. The maximum absolute atomic E-state index is 6.18. The van der Waals surface area contributed by atoms with E-state index in [1.54, 1.807) is 6.20 Å². The third-order valence-corrected chi connectivity index (χ3v) is 3.88. The zero-order valence-electron chi connectivity index (χ0n) is 11.9. The Morgan fingerprint density at radius 1 is 1.05 bits per heavy atom. The molecule has 0 saturated carbocycles. The summed E-state index contributed by atoms with van der Waals surface area (Å²) in [4.78, 5) is 4.35. The summed E-state index contributed by atoms with van der Waals surface area (Å²) < 4.78 is 0. The van der Waals surface area contributed by atoms with E-state index in [1.165, 1.54) is 11.1 Å². The van der Waals surface area contributed by atoms with Crippen molar-refractivity contribution in [3.63, 3.8) is 0 Å². The molecule has 0 aliphatic rings. The highest BCUT2D eigenvalue weighted by Crippen LogP contribution is 2.26. The number of hydrogen-bond acceptors (Lipinski definition) is 2. The lowest BCUT2D eigenvalue weighted by molar-refractivity contribution is 1.02. The van der Waals surface area contributed by atoms with Crippen LogP contribution < -0.4 is 5.32 Å². The number of pyridine rings is 1. The fraction of sp³-hybridized carbons (Fsp3) is 0.167.